The van der Waals surface area contributed by atoms with Crippen LogP contribution >= 0.6 is 12.2 Å². The average Bonchev–Trinajstić information content (AvgIpc) is 2.92. The fourth-order valence-corrected chi connectivity index (χ4v) is 2.06. The minimum absolute atomic E-state index is 0.266. The van der Waals surface area contributed by atoms with Crippen LogP contribution in [0.2, 0.25) is 0 Å². The summed E-state index contributed by atoms with van der Waals surface area (Å²) in [5.41, 5.74) is 7.36. The Morgan fingerprint density at radius 3 is 3.00 bits per heavy atom. The van der Waals surface area contributed by atoms with E-state index in [9.17, 15) is 0 Å². The first kappa shape index (κ1) is 12.6. The summed E-state index contributed by atoms with van der Waals surface area (Å²) in [6.07, 6.45) is 1.56. The Kier molecular flexibility index (Phi) is 3.34. The van der Waals surface area contributed by atoms with E-state index in [0.29, 0.717) is 17.9 Å². The van der Waals surface area contributed by atoms with Crippen LogP contribution in [0.1, 0.15) is 11.1 Å². The first-order valence-electron chi connectivity index (χ1n) is 5.98. The van der Waals surface area contributed by atoms with Gasteiger partial charge in [0.1, 0.15) is 4.99 Å². The van der Waals surface area contributed by atoms with Gasteiger partial charge in [-0.3, -0.25) is 0 Å². The van der Waals surface area contributed by atoms with Crippen LogP contribution in [0.5, 0.6) is 11.5 Å². The predicted octanol–water partition coefficient (Wildman–Crippen LogP) is 1.45. The smallest absolute Gasteiger partial charge is 0.231 e. The van der Waals surface area contributed by atoms with Gasteiger partial charge in [-0.05, 0) is 23.8 Å². The quantitative estimate of drug-likeness (QED) is 0.824. The highest BCUT2D eigenvalue weighted by molar-refractivity contribution is 7.80. The third-order valence-electron chi connectivity index (χ3n) is 2.88. The number of thiocarbonyl (C=S) groups is 1. The molecule has 0 saturated carbocycles. The number of ether oxygens (including phenoxy) is 2. The molecule has 0 amide bonds. The van der Waals surface area contributed by atoms with Crippen molar-refractivity contribution in [3.05, 3.63) is 41.6 Å². The Hall–Kier alpha value is -2.41. The fraction of sp³-hybridized carbons (Fsp3) is 0.154. The summed E-state index contributed by atoms with van der Waals surface area (Å²) in [6, 6.07) is 7.49. The van der Waals surface area contributed by atoms with Crippen LogP contribution in [0.25, 0.3) is 0 Å². The number of hydrogen-bond donors (Lipinski definition) is 2. The molecular weight excluding hydrogens is 276 g/mol. The van der Waals surface area contributed by atoms with Gasteiger partial charge >= 0.3 is 0 Å². The lowest BCUT2D eigenvalue weighted by molar-refractivity contribution is 0.174. The van der Waals surface area contributed by atoms with Gasteiger partial charge in [0.15, 0.2) is 17.3 Å². The molecule has 20 heavy (non-hydrogen) atoms. The summed E-state index contributed by atoms with van der Waals surface area (Å²) in [4.78, 5) is 0.285. The zero-order chi connectivity index (χ0) is 13.9. The van der Waals surface area contributed by atoms with Crippen LogP contribution < -0.4 is 20.5 Å². The first-order chi connectivity index (χ1) is 9.74. The van der Waals surface area contributed by atoms with Gasteiger partial charge in [-0.2, -0.15) is 5.10 Å². The number of nitrogens with two attached hydrogens (primary N) is 1. The average molecular weight is 288 g/mol. The molecule has 3 rings (SSSR count). The zero-order valence-corrected chi connectivity index (χ0v) is 11.3. The Bertz CT molecular complexity index is 663. The van der Waals surface area contributed by atoms with Gasteiger partial charge in [0.2, 0.25) is 6.79 Å². The number of rotatable bonds is 4. The lowest BCUT2D eigenvalue weighted by Gasteiger charge is -2.09. The lowest BCUT2D eigenvalue weighted by Crippen LogP contribution is -2.14. The van der Waals surface area contributed by atoms with Crippen molar-refractivity contribution in [3.8, 4) is 11.5 Å². The van der Waals surface area contributed by atoms with Crippen LogP contribution in [0.3, 0.4) is 0 Å². The van der Waals surface area contributed by atoms with Crippen LogP contribution in [0.4, 0.5) is 5.82 Å². The minimum atomic E-state index is 0.266. The van der Waals surface area contributed by atoms with Crippen molar-refractivity contribution < 1.29 is 9.47 Å². The van der Waals surface area contributed by atoms with Crippen LogP contribution in [-0.4, -0.2) is 22.0 Å². The summed E-state index contributed by atoms with van der Waals surface area (Å²) < 4.78 is 10.6. The van der Waals surface area contributed by atoms with Gasteiger partial charge in [-0.25, -0.2) is 0 Å². The SMILES string of the molecule is NC(=S)c1ccnnc1NCc1ccc2c(c1)OCO2. The fourth-order valence-electron chi connectivity index (χ4n) is 1.90. The van der Waals surface area contributed by atoms with E-state index in [-0.39, 0.29) is 11.8 Å². The third-order valence-corrected chi connectivity index (χ3v) is 3.10. The molecule has 3 N–H and O–H groups in total. The molecule has 1 aromatic heterocycles. The van der Waals surface area contributed by atoms with E-state index in [1.54, 1.807) is 12.3 Å². The van der Waals surface area contributed by atoms with E-state index in [0.717, 1.165) is 17.1 Å². The van der Waals surface area contributed by atoms with E-state index in [1.165, 1.54) is 0 Å². The normalized spacial score (nSPS) is 12.2. The highest BCUT2D eigenvalue weighted by Gasteiger charge is 2.13. The number of fused-ring (bicyclic) bond motifs is 1. The number of nitrogens with zero attached hydrogens (tertiary/aromatic N) is 2. The second kappa shape index (κ2) is 5.30. The van der Waals surface area contributed by atoms with Gasteiger partial charge in [-0.1, -0.05) is 18.3 Å². The van der Waals surface area contributed by atoms with Crippen molar-refractivity contribution in [3.63, 3.8) is 0 Å². The van der Waals surface area contributed by atoms with E-state index >= 15 is 0 Å². The van der Waals surface area contributed by atoms with Gasteiger partial charge < -0.3 is 20.5 Å². The molecule has 102 valence electrons. The van der Waals surface area contributed by atoms with Gasteiger partial charge in [-0.15, -0.1) is 5.10 Å². The number of aromatic nitrogens is 2. The molecule has 0 unspecified atom stereocenters. The molecule has 1 aliphatic heterocycles. The predicted molar refractivity (Wildman–Crippen MR) is 77.8 cm³/mol. The molecule has 0 spiro atoms. The number of benzene rings is 1. The largest absolute Gasteiger partial charge is 0.454 e. The summed E-state index contributed by atoms with van der Waals surface area (Å²) in [6.45, 7) is 0.826. The van der Waals surface area contributed by atoms with Crippen molar-refractivity contribution in [2.75, 3.05) is 12.1 Å². The zero-order valence-electron chi connectivity index (χ0n) is 10.5. The monoisotopic (exact) mass is 288 g/mol. The van der Waals surface area contributed by atoms with Crippen molar-refractivity contribution in [2.45, 2.75) is 6.54 Å². The molecule has 7 heteroatoms. The van der Waals surface area contributed by atoms with E-state index < -0.39 is 0 Å². The molecular formula is C13H12N4O2S. The summed E-state index contributed by atoms with van der Waals surface area (Å²) in [5.74, 6) is 2.08. The van der Waals surface area contributed by atoms with Crippen LogP contribution in [0, 0.1) is 0 Å². The van der Waals surface area contributed by atoms with Crippen molar-refractivity contribution in [1.82, 2.24) is 10.2 Å². The summed E-state index contributed by atoms with van der Waals surface area (Å²) >= 11 is 4.98. The molecule has 0 aliphatic carbocycles. The maximum atomic E-state index is 5.64. The Morgan fingerprint density at radius 1 is 1.30 bits per heavy atom. The van der Waals surface area contributed by atoms with Gasteiger partial charge in [0.25, 0.3) is 0 Å². The number of hydrogen-bond acceptors (Lipinski definition) is 6. The summed E-state index contributed by atoms with van der Waals surface area (Å²) in [5, 5.41) is 11.0. The van der Waals surface area contributed by atoms with E-state index in [2.05, 4.69) is 15.5 Å². The second-order valence-corrected chi connectivity index (χ2v) is 4.64. The topological polar surface area (TPSA) is 82.3 Å². The molecule has 6 nitrogen and oxygen atoms in total. The van der Waals surface area contributed by atoms with Crippen molar-refractivity contribution in [1.29, 1.82) is 0 Å². The third kappa shape index (κ3) is 2.48. The standard InChI is InChI=1S/C13H12N4O2S/c14-12(20)9-3-4-16-17-13(9)15-6-8-1-2-10-11(5-8)19-7-18-10/h1-5H,6-7H2,(H2,14,20)(H,15,17). The molecule has 0 saturated heterocycles. The lowest BCUT2D eigenvalue weighted by atomic mass is 10.2. The van der Waals surface area contributed by atoms with E-state index in [4.69, 9.17) is 27.4 Å². The molecule has 2 aromatic rings. The molecule has 1 aliphatic rings. The van der Waals surface area contributed by atoms with Crippen molar-refractivity contribution in [2.24, 2.45) is 5.73 Å². The van der Waals surface area contributed by atoms with Crippen molar-refractivity contribution >= 4 is 23.0 Å². The molecule has 0 atom stereocenters. The van der Waals surface area contributed by atoms with E-state index in [1.807, 2.05) is 18.2 Å². The van der Waals surface area contributed by atoms with Gasteiger partial charge in [0, 0.05) is 6.54 Å². The Labute approximate surface area is 120 Å². The maximum Gasteiger partial charge on any atom is 0.231 e. The maximum absolute atomic E-state index is 5.64. The molecule has 0 radical (unpaired) electrons. The molecule has 0 fully saturated rings. The van der Waals surface area contributed by atoms with Gasteiger partial charge in [0.05, 0.1) is 11.8 Å². The summed E-state index contributed by atoms with van der Waals surface area (Å²) in [7, 11) is 0. The Balaban J connectivity index is 1.75. The van der Waals surface area contributed by atoms with Crippen LogP contribution in [-0.2, 0) is 6.54 Å². The first-order valence-corrected chi connectivity index (χ1v) is 6.39. The number of nitrogens with one attached hydrogen (secondary N) is 1. The second-order valence-electron chi connectivity index (χ2n) is 4.20. The molecule has 0 bridgehead atoms. The number of anilines is 1. The molecule has 2 heterocycles. The highest BCUT2D eigenvalue weighted by Crippen LogP contribution is 2.32. The Morgan fingerprint density at radius 2 is 2.15 bits per heavy atom. The van der Waals surface area contributed by atoms with Crippen LogP contribution in [0.15, 0.2) is 30.5 Å². The molecule has 1 aromatic carbocycles. The minimum Gasteiger partial charge on any atom is -0.454 e. The highest BCUT2D eigenvalue weighted by atomic mass is 32.1.